The number of carboxylic acid groups (broad SMARTS) is 1. The standard InChI is InChI=1S/C24H30N4O5S2/c25-17(11-15-7-3-1-4-8-15)21(29)27-19(13-34)23(31)28-20(14-35)22(30)26-18(24(32)33)12-16-9-5-2-6-10-16/h1-10,17-20,34-35H,11-14,25H2,(H,26,30)(H,27,29)(H,28,31)(H,32,33)/t17-,18-,19-,20-/m0/s1. The summed E-state index contributed by atoms with van der Waals surface area (Å²) in [6, 6.07) is 13.8. The highest BCUT2D eigenvalue weighted by Crippen LogP contribution is 2.05. The van der Waals surface area contributed by atoms with Crippen molar-refractivity contribution >= 4 is 48.9 Å². The first-order valence-electron chi connectivity index (χ1n) is 10.9. The fourth-order valence-corrected chi connectivity index (χ4v) is 3.74. The lowest BCUT2D eigenvalue weighted by Crippen LogP contribution is -2.58. The maximum Gasteiger partial charge on any atom is 0.326 e. The van der Waals surface area contributed by atoms with Gasteiger partial charge in [0.05, 0.1) is 6.04 Å². The Hall–Kier alpha value is -3.02. The summed E-state index contributed by atoms with van der Waals surface area (Å²) in [6.45, 7) is 0. The predicted octanol–water partition coefficient (Wildman–Crippen LogP) is 0.198. The highest BCUT2D eigenvalue weighted by Gasteiger charge is 2.29. The van der Waals surface area contributed by atoms with Gasteiger partial charge >= 0.3 is 5.97 Å². The summed E-state index contributed by atoms with van der Waals surface area (Å²) in [5.74, 6) is -3.24. The van der Waals surface area contributed by atoms with Crippen LogP contribution in [0.4, 0.5) is 0 Å². The number of nitrogens with two attached hydrogens (primary N) is 1. The van der Waals surface area contributed by atoms with Gasteiger partial charge in [0.25, 0.3) is 0 Å². The summed E-state index contributed by atoms with van der Waals surface area (Å²) in [4.78, 5) is 49.6. The van der Waals surface area contributed by atoms with Crippen LogP contribution in [0.25, 0.3) is 0 Å². The summed E-state index contributed by atoms with van der Waals surface area (Å²) in [5, 5.41) is 17.0. The molecular formula is C24H30N4O5S2. The van der Waals surface area contributed by atoms with Gasteiger partial charge in [-0.2, -0.15) is 25.3 Å². The second-order valence-corrected chi connectivity index (χ2v) is 8.60. The smallest absolute Gasteiger partial charge is 0.326 e. The van der Waals surface area contributed by atoms with Gasteiger partial charge in [-0.3, -0.25) is 14.4 Å². The summed E-state index contributed by atoms with van der Waals surface area (Å²) in [5.41, 5.74) is 7.58. The van der Waals surface area contributed by atoms with E-state index >= 15 is 0 Å². The number of carbonyl (C=O) groups excluding carboxylic acids is 3. The maximum atomic E-state index is 12.7. The lowest BCUT2D eigenvalue weighted by molar-refractivity contribution is -0.142. The van der Waals surface area contributed by atoms with Crippen molar-refractivity contribution in [3.05, 3.63) is 71.8 Å². The average Bonchev–Trinajstić information content (AvgIpc) is 2.86. The molecule has 0 spiro atoms. The number of carboxylic acids is 1. The van der Waals surface area contributed by atoms with Crippen molar-refractivity contribution in [3.8, 4) is 0 Å². The van der Waals surface area contributed by atoms with E-state index in [0.29, 0.717) is 0 Å². The van der Waals surface area contributed by atoms with Crippen LogP contribution >= 0.6 is 25.3 Å². The van der Waals surface area contributed by atoms with Gasteiger partial charge in [0.15, 0.2) is 0 Å². The van der Waals surface area contributed by atoms with Gasteiger partial charge in [-0.1, -0.05) is 60.7 Å². The fourth-order valence-electron chi connectivity index (χ4n) is 3.22. The van der Waals surface area contributed by atoms with Crippen molar-refractivity contribution in [1.29, 1.82) is 0 Å². The van der Waals surface area contributed by atoms with Crippen LogP contribution in [0.1, 0.15) is 11.1 Å². The molecule has 2 aromatic carbocycles. The largest absolute Gasteiger partial charge is 0.480 e. The molecule has 0 aliphatic carbocycles. The van der Waals surface area contributed by atoms with E-state index in [0.717, 1.165) is 11.1 Å². The molecule has 0 radical (unpaired) electrons. The molecule has 0 heterocycles. The van der Waals surface area contributed by atoms with Crippen molar-refractivity contribution < 1.29 is 24.3 Å². The molecule has 35 heavy (non-hydrogen) atoms. The van der Waals surface area contributed by atoms with Gasteiger partial charge in [-0.15, -0.1) is 0 Å². The molecule has 0 aliphatic heterocycles. The predicted molar refractivity (Wildman–Crippen MR) is 139 cm³/mol. The minimum absolute atomic E-state index is 0.0394. The number of amides is 3. The highest BCUT2D eigenvalue weighted by molar-refractivity contribution is 7.80. The molecule has 0 fully saturated rings. The Labute approximate surface area is 215 Å². The van der Waals surface area contributed by atoms with Crippen LogP contribution in [-0.4, -0.2) is 64.5 Å². The number of hydrogen-bond donors (Lipinski definition) is 7. The van der Waals surface area contributed by atoms with Gasteiger partial charge in [0.1, 0.15) is 18.1 Å². The van der Waals surface area contributed by atoms with Gasteiger partial charge in [-0.25, -0.2) is 4.79 Å². The number of benzene rings is 2. The minimum Gasteiger partial charge on any atom is -0.480 e. The zero-order chi connectivity index (χ0) is 25.8. The van der Waals surface area contributed by atoms with Gasteiger partial charge < -0.3 is 26.8 Å². The molecule has 0 unspecified atom stereocenters. The van der Waals surface area contributed by atoms with Crippen LogP contribution in [-0.2, 0) is 32.0 Å². The van der Waals surface area contributed by atoms with Crippen LogP contribution in [0.2, 0.25) is 0 Å². The van der Waals surface area contributed by atoms with Crippen LogP contribution < -0.4 is 21.7 Å². The molecule has 0 aromatic heterocycles. The van der Waals surface area contributed by atoms with E-state index in [1.807, 2.05) is 30.3 Å². The zero-order valence-electron chi connectivity index (χ0n) is 19.0. The van der Waals surface area contributed by atoms with Crippen LogP contribution in [0.3, 0.4) is 0 Å². The molecule has 2 rings (SSSR count). The average molecular weight is 519 g/mol. The Morgan fingerprint density at radius 3 is 1.51 bits per heavy atom. The third-order valence-electron chi connectivity index (χ3n) is 5.16. The SMILES string of the molecule is N[C@@H](Cc1ccccc1)C(=O)N[C@@H](CS)C(=O)N[C@@H](CS)C(=O)N[C@@H](Cc1ccccc1)C(=O)O. The lowest BCUT2D eigenvalue weighted by Gasteiger charge is -2.23. The second-order valence-electron chi connectivity index (χ2n) is 7.87. The molecule has 188 valence electrons. The van der Waals surface area contributed by atoms with Crippen molar-refractivity contribution in [3.63, 3.8) is 0 Å². The van der Waals surface area contributed by atoms with Gasteiger partial charge in [0, 0.05) is 17.9 Å². The number of carbonyl (C=O) groups is 4. The molecule has 2 aromatic rings. The number of hydrogen-bond acceptors (Lipinski definition) is 7. The molecule has 11 heteroatoms. The van der Waals surface area contributed by atoms with E-state index in [2.05, 4.69) is 41.2 Å². The van der Waals surface area contributed by atoms with E-state index in [9.17, 15) is 24.3 Å². The first-order chi connectivity index (χ1) is 16.7. The third kappa shape index (κ3) is 9.27. The van der Waals surface area contributed by atoms with Crippen LogP contribution in [0.5, 0.6) is 0 Å². The monoisotopic (exact) mass is 518 g/mol. The number of aliphatic carboxylic acids is 1. The molecule has 3 amide bonds. The Bertz CT molecular complexity index is 994. The molecule has 0 bridgehead atoms. The summed E-state index contributed by atoms with van der Waals surface area (Å²) in [6.07, 6.45) is 0.358. The Kier molecular flexibility index (Phi) is 11.6. The quantitative estimate of drug-likeness (QED) is 0.188. The van der Waals surface area contributed by atoms with E-state index in [4.69, 9.17) is 5.73 Å². The topological polar surface area (TPSA) is 151 Å². The van der Waals surface area contributed by atoms with Gasteiger partial charge in [-0.05, 0) is 17.5 Å². The Morgan fingerprint density at radius 1 is 0.686 bits per heavy atom. The van der Waals surface area contributed by atoms with Crippen molar-refractivity contribution in [2.75, 3.05) is 11.5 Å². The number of nitrogens with one attached hydrogen (secondary N) is 3. The van der Waals surface area contributed by atoms with Crippen LogP contribution in [0.15, 0.2) is 60.7 Å². The maximum absolute atomic E-state index is 12.7. The molecule has 6 N–H and O–H groups in total. The fraction of sp³-hybridized carbons (Fsp3) is 0.333. The Morgan fingerprint density at radius 2 is 1.09 bits per heavy atom. The first-order valence-corrected chi connectivity index (χ1v) is 12.2. The molecule has 0 saturated heterocycles. The second kappa shape index (κ2) is 14.4. The van der Waals surface area contributed by atoms with Gasteiger partial charge in [0.2, 0.25) is 17.7 Å². The lowest BCUT2D eigenvalue weighted by atomic mass is 10.1. The highest BCUT2D eigenvalue weighted by atomic mass is 32.1. The molecule has 9 nitrogen and oxygen atoms in total. The molecule has 0 saturated carbocycles. The molecule has 0 aliphatic rings. The van der Waals surface area contributed by atoms with E-state index < -0.39 is 47.9 Å². The van der Waals surface area contributed by atoms with Crippen LogP contribution in [0, 0.1) is 0 Å². The molecule has 4 atom stereocenters. The third-order valence-corrected chi connectivity index (χ3v) is 5.89. The number of thiol groups is 2. The van der Waals surface area contributed by atoms with E-state index in [-0.39, 0.29) is 24.3 Å². The summed E-state index contributed by atoms with van der Waals surface area (Å²) in [7, 11) is 0. The van der Waals surface area contributed by atoms with Crippen molar-refractivity contribution in [2.45, 2.75) is 37.0 Å². The summed E-state index contributed by atoms with van der Waals surface area (Å²) >= 11 is 8.23. The first kappa shape index (κ1) is 28.2. The molecular weight excluding hydrogens is 488 g/mol. The minimum atomic E-state index is -1.21. The zero-order valence-corrected chi connectivity index (χ0v) is 20.8. The van der Waals surface area contributed by atoms with Crippen molar-refractivity contribution in [2.24, 2.45) is 5.73 Å². The summed E-state index contributed by atoms with van der Waals surface area (Å²) < 4.78 is 0. The Balaban J connectivity index is 1.95. The van der Waals surface area contributed by atoms with E-state index in [1.165, 1.54) is 0 Å². The number of rotatable bonds is 13. The van der Waals surface area contributed by atoms with Crippen molar-refractivity contribution in [1.82, 2.24) is 16.0 Å². The normalized spacial score (nSPS) is 14.1. The van der Waals surface area contributed by atoms with E-state index in [1.54, 1.807) is 30.3 Å².